The Morgan fingerprint density at radius 3 is 2.65 bits per heavy atom. The van der Waals surface area contributed by atoms with Crippen LogP contribution in [0.3, 0.4) is 0 Å². The lowest BCUT2D eigenvalue weighted by molar-refractivity contribution is -0.137. The van der Waals surface area contributed by atoms with E-state index >= 15 is 0 Å². The molecule has 0 bridgehead atoms. The number of hydrogen-bond acceptors (Lipinski definition) is 4. The van der Waals surface area contributed by atoms with Crippen molar-refractivity contribution < 1.29 is 14.4 Å². The summed E-state index contributed by atoms with van der Waals surface area (Å²) in [5, 5.41) is 3.80. The van der Waals surface area contributed by atoms with E-state index in [9.17, 15) is 9.59 Å². The molecule has 37 heavy (non-hydrogen) atoms. The Labute approximate surface area is 223 Å². The molecule has 2 aromatic carbocycles. The van der Waals surface area contributed by atoms with Gasteiger partial charge < -0.3 is 10.2 Å². The maximum absolute atomic E-state index is 13.7. The van der Waals surface area contributed by atoms with E-state index in [1.54, 1.807) is 12.1 Å². The molecular weight excluding hydrogens is 486 g/mol. The van der Waals surface area contributed by atoms with Gasteiger partial charge in [-0.15, -0.1) is 6.42 Å². The number of halogens is 1. The van der Waals surface area contributed by atoms with E-state index in [4.69, 9.17) is 22.9 Å². The molecule has 2 amide bonds. The second-order valence-corrected chi connectivity index (χ2v) is 9.79. The third-order valence-corrected chi connectivity index (χ3v) is 7.13. The van der Waals surface area contributed by atoms with Gasteiger partial charge in [0.15, 0.2) is 0 Å². The van der Waals surface area contributed by atoms with E-state index < -0.39 is 12.0 Å². The molecule has 2 N–H and O–H groups in total. The van der Waals surface area contributed by atoms with Crippen LogP contribution in [0, 0.1) is 18.3 Å². The Kier molecular flexibility index (Phi) is 9.56. The summed E-state index contributed by atoms with van der Waals surface area (Å²) in [6, 6.07) is 16.6. The number of piperidine rings is 1. The second kappa shape index (κ2) is 13.3. The summed E-state index contributed by atoms with van der Waals surface area (Å²) >= 11 is 6.17. The highest BCUT2D eigenvalue weighted by Gasteiger charge is 2.43. The van der Waals surface area contributed by atoms with Crippen LogP contribution in [0.1, 0.15) is 46.7 Å². The van der Waals surface area contributed by atoms with Crippen molar-refractivity contribution in [3.8, 4) is 12.3 Å². The fourth-order valence-electron chi connectivity index (χ4n) is 5.07. The summed E-state index contributed by atoms with van der Waals surface area (Å²) < 4.78 is 0. The molecule has 0 unspecified atom stereocenters. The van der Waals surface area contributed by atoms with E-state index in [0.29, 0.717) is 35.0 Å². The number of allylic oxidation sites excluding steroid dienone is 3. The number of carbonyl (C=O) groups is 2. The van der Waals surface area contributed by atoms with Crippen molar-refractivity contribution >= 4 is 23.4 Å². The van der Waals surface area contributed by atoms with Crippen LogP contribution >= 0.6 is 11.6 Å². The van der Waals surface area contributed by atoms with Crippen LogP contribution in [0.2, 0.25) is 0 Å². The minimum Gasteiger partial charge on any atom is -0.334 e. The van der Waals surface area contributed by atoms with E-state index in [2.05, 4.69) is 16.7 Å². The molecule has 2 aliphatic rings. The topological polar surface area (TPSA) is 70.7 Å². The van der Waals surface area contributed by atoms with Crippen molar-refractivity contribution in [2.24, 2.45) is 5.92 Å². The molecular formula is C30H32ClN3O3. The molecule has 1 fully saturated rings. The van der Waals surface area contributed by atoms with Crippen LogP contribution in [-0.4, -0.2) is 42.4 Å². The maximum Gasteiger partial charge on any atom is 0.254 e. The van der Waals surface area contributed by atoms with Gasteiger partial charge in [-0.3, -0.25) is 14.4 Å². The maximum atomic E-state index is 13.7. The van der Waals surface area contributed by atoms with Crippen LogP contribution in [0.25, 0.3) is 0 Å². The van der Waals surface area contributed by atoms with Gasteiger partial charge in [-0.1, -0.05) is 72.1 Å². The lowest BCUT2D eigenvalue weighted by Gasteiger charge is -2.43. The van der Waals surface area contributed by atoms with E-state index in [0.717, 1.165) is 31.5 Å². The first-order chi connectivity index (χ1) is 18.1. The van der Waals surface area contributed by atoms with Gasteiger partial charge in [-0.25, -0.2) is 5.48 Å². The first-order valence-corrected chi connectivity index (χ1v) is 13.0. The molecule has 192 valence electrons. The lowest BCUT2D eigenvalue weighted by atomic mass is 9.80. The average molecular weight is 518 g/mol. The summed E-state index contributed by atoms with van der Waals surface area (Å²) in [6.07, 6.45) is 12.8. The highest BCUT2D eigenvalue weighted by Crippen LogP contribution is 2.37. The Morgan fingerprint density at radius 2 is 1.89 bits per heavy atom. The van der Waals surface area contributed by atoms with Crippen molar-refractivity contribution in [3.05, 3.63) is 94.5 Å². The third-order valence-electron chi connectivity index (χ3n) is 6.90. The molecule has 0 saturated carbocycles. The predicted molar refractivity (Wildman–Crippen MR) is 146 cm³/mol. The normalized spacial score (nSPS) is 20.5. The highest BCUT2D eigenvalue weighted by atomic mass is 35.5. The number of fused-ring (bicyclic) bond motifs is 1. The van der Waals surface area contributed by atoms with Crippen molar-refractivity contribution in [2.75, 3.05) is 19.6 Å². The largest absolute Gasteiger partial charge is 0.334 e. The van der Waals surface area contributed by atoms with Gasteiger partial charge in [0.2, 0.25) is 0 Å². The number of rotatable bonds is 9. The molecule has 6 nitrogen and oxygen atoms in total. The first kappa shape index (κ1) is 26.7. The SMILES string of the molecule is C#C/C=C(Cl)\C=C/C[C@H]1[C@H](C(=O)NOCc2ccccc2)c2ccccc2C(=O)N1CC1CCNCC1. The molecule has 0 spiro atoms. The quantitative estimate of drug-likeness (QED) is 0.291. The molecule has 2 heterocycles. The summed E-state index contributed by atoms with van der Waals surface area (Å²) in [7, 11) is 0. The minimum absolute atomic E-state index is 0.0490. The molecule has 0 aromatic heterocycles. The number of benzene rings is 2. The number of hydrogen-bond donors (Lipinski definition) is 2. The molecule has 0 aliphatic carbocycles. The molecule has 2 atom stereocenters. The number of hydroxylamine groups is 1. The van der Waals surface area contributed by atoms with Gasteiger partial charge in [0.05, 0.1) is 18.6 Å². The van der Waals surface area contributed by atoms with E-state index in [1.807, 2.05) is 59.5 Å². The van der Waals surface area contributed by atoms with Gasteiger partial charge in [-0.05, 0) is 61.5 Å². The molecule has 7 heteroatoms. The van der Waals surface area contributed by atoms with Gasteiger partial charge in [0.25, 0.3) is 11.8 Å². The predicted octanol–water partition coefficient (Wildman–Crippen LogP) is 4.54. The van der Waals surface area contributed by atoms with Crippen molar-refractivity contribution in [3.63, 3.8) is 0 Å². The van der Waals surface area contributed by atoms with E-state index in [1.165, 1.54) is 6.08 Å². The van der Waals surface area contributed by atoms with Crippen LogP contribution in [0.15, 0.2) is 77.9 Å². The fourth-order valence-corrected chi connectivity index (χ4v) is 5.22. The smallest absolute Gasteiger partial charge is 0.254 e. The molecule has 2 aliphatic heterocycles. The summed E-state index contributed by atoms with van der Waals surface area (Å²) in [6.45, 7) is 2.70. The zero-order chi connectivity index (χ0) is 26.0. The molecule has 0 radical (unpaired) electrons. The number of nitrogens with zero attached hydrogens (tertiary/aromatic N) is 1. The summed E-state index contributed by atoms with van der Waals surface area (Å²) in [4.78, 5) is 34.8. The standard InChI is InChI=1S/C30H32ClN3O3/c1-2-9-24(31)12-8-15-27-28(29(35)33-37-21-23-10-4-3-5-11-23)25-13-6-7-14-26(25)30(36)34(27)20-22-16-18-32-19-17-22/h1,3-14,22,27-28,32H,15-21H2,(H,33,35)/b12-8-,24-9+/t27-,28+/m0/s1. The number of amides is 2. The number of nitrogens with one attached hydrogen (secondary N) is 2. The van der Waals surface area contributed by atoms with Crippen LogP contribution in [0.4, 0.5) is 0 Å². The first-order valence-electron chi connectivity index (χ1n) is 12.6. The van der Waals surface area contributed by atoms with Gasteiger partial charge in [-0.2, -0.15) is 0 Å². The van der Waals surface area contributed by atoms with Gasteiger partial charge >= 0.3 is 0 Å². The van der Waals surface area contributed by atoms with Crippen molar-refractivity contribution in [2.45, 2.75) is 37.8 Å². The van der Waals surface area contributed by atoms with Crippen molar-refractivity contribution in [1.29, 1.82) is 0 Å². The Balaban J connectivity index is 1.62. The molecule has 4 rings (SSSR count). The summed E-state index contributed by atoms with van der Waals surface area (Å²) in [5.41, 5.74) is 4.87. The molecule has 1 saturated heterocycles. The Bertz CT molecular complexity index is 1180. The Morgan fingerprint density at radius 1 is 1.16 bits per heavy atom. The van der Waals surface area contributed by atoms with Crippen LogP contribution in [-0.2, 0) is 16.2 Å². The van der Waals surface area contributed by atoms with Crippen molar-refractivity contribution in [1.82, 2.24) is 15.7 Å². The molecule has 2 aromatic rings. The average Bonchev–Trinajstić information content (AvgIpc) is 2.92. The second-order valence-electron chi connectivity index (χ2n) is 9.36. The van der Waals surface area contributed by atoms with Crippen LogP contribution < -0.4 is 10.8 Å². The number of terminal acetylenes is 1. The highest BCUT2D eigenvalue weighted by molar-refractivity contribution is 6.31. The number of carbonyl (C=O) groups excluding carboxylic acids is 2. The zero-order valence-electron chi connectivity index (χ0n) is 20.7. The lowest BCUT2D eigenvalue weighted by Crippen LogP contribution is -2.54. The minimum atomic E-state index is -0.605. The Hall–Kier alpha value is -3.37. The van der Waals surface area contributed by atoms with Crippen LogP contribution in [0.5, 0.6) is 0 Å². The monoisotopic (exact) mass is 517 g/mol. The fraction of sp³-hybridized carbons (Fsp3) is 0.333. The van der Waals surface area contributed by atoms with E-state index in [-0.39, 0.29) is 18.4 Å². The zero-order valence-corrected chi connectivity index (χ0v) is 21.5. The third kappa shape index (κ3) is 6.90. The van der Waals surface area contributed by atoms with Gasteiger partial charge in [0.1, 0.15) is 0 Å². The van der Waals surface area contributed by atoms with Gasteiger partial charge in [0, 0.05) is 23.2 Å². The summed E-state index contributed by atoms with van der Waals surface area (Å²) in [5.74, 6) is 1.84.